The van der Waals surface area contributed by atoms with Crippen molar-refractivity contribution in [1.82, 2.24) is 10.6 Å². The predicted octanol–water partition coefficient (Wildman–Crippen LogP) is 4.24. The van der Waals surface area contributed by atoms with Crippen LogP contribution in [0.3, 0.4) is 0 Å². The Morgan fingerprint density at radius 1 is 1.07 bits per heavy atom. The standard InChI is InChI=1S/C22H32N2O5/c1-5-7-9-13-29-17-12-11-15(14-18(17)27-3)20-19(21(25)28-4)16(10-8-6-2)23-22(26)24-20/h11-12,14,20H,5-10,13H2,1-4H3,(H2,23,24,26). The lowest BCUT2D eigenvalue weighted by Crippen LogP contribution is -2.45. The van der Waals surface area contributed by atoms with Gasteiger partial charge in [0, 0.05) is 5.70 Å². The van der Waals surface area contributed by atoms with E-state index in [-0.39, 0.29) is 6.03 Å². The fourth-order valence-electron chi connectivity index (χ4n) is 3.29. The number of carbonyl (C=O) groups excluding carboxylic acids is 2. The third-order valence-corrected chi connectivity index (χ3v) is 4.87. The summed E-state index contributed by atoms with van der Waals surface area (Å²) in [4.78, 5) is 24.8. The number of allylic oxidation sites excluding steroid dienone is 1. The molecule has 1 aliphatic heterocycles. The zero-order valence-corrected chi connectivity index (χ0v) is 17.8. The fourth-order valence-corrected chi connectivity index (χ4v) is 3.29. The van der Waals surface area contributed by atoms with Gasteiger partial charge in [-0.3, -0.25) is 0 Å². The van der Waals surface area contributed by atoms with Crippen LogP contribution in [0.1, 0.15) is 64.0 Å². The molecule has 7 heteroatoms. The van der Waals surface area contributed by atoms with E-state index in [2.05, 4.69) is 24.5 Å². The lowest BCUT2D eigenvalue weighted by Gasteiger charge is -2.29. The lowest BCUT2D eigenvalue weighted by molar-refractivity contribution is -0.136. The zero-order valence-electron chi connectivity index (χ0n) is 17.8. The molecule has 1 atom stereocenters. The molecule has 1 unspecified atom stereocenters. The topological polar surface area (TPSA) is 85.9 Å². The summed E-state index contributed by atoms with van der Waals surface area (Å²) in [6.45, 7) is 4.81. The van der Waals surface area contributed by atoms with Crippen LogP contribution in [-0.4, -0.2) is 32.8 Å². The Kier molecular flexibility index (Phi) is 8.83. The van der Waals surface area contributed by atoms with Crippen LogP contribution >= 0.6 is 0 Å². The first-order chi connectivity index (χ1) is 14.0. The molecule has 0 saturated carbocycles. The largest absolute Gasteiger partial charge is 0.493 e. The molecule has 1 aromatic rings. The summed E-state index contributed by atoms with van der Waals surface area (Å²) in [7, 11) is 2.91. The number of hydrogen-bond acceptors (Lipinski definition) is 5. The van der Waals surface area contributed by atoms with E-state index in [9.17, 15) is 9.59 Å². The maximum Gasteiger partial charge on any atom is 0.337 e. The molecule has 0 bridgehead atoms. The van der Waals surface area contributed by atoms with E-state index in [4.69, 9.17) is 14.2 Å². The van der Waals surface area contributed by atoms with E-state index in [1.54, 1.807) is 13.2 Å². The van der Waals surface area contributed by atoms with E-state index in [1.807, 2.05) is 12.1 Å². The van der Waals surface area contributed by atoms with Crippen LogP contribution in [0, 0.1) is 0 Å². The van der Waals surface area contributed by atoms with Gasteiger partial charge in [-0.05, 0) is 37.0 Å². The van der Waals surface area contributed by atoms with Crippen LogP contribution in [0.4, 0.5) is 4.79 Å². The summed E-state index contributed by atoms with van der Waals surface area (Å²) in [5.74, 6) is 0.737. The molecule has 160 valence electrons. The Labute approximate surface area is 172 Å². The molecule has 7 nitrogen and oxygen atoms in total. The quantitative estimate of drug-likeness (QED) is 0.426. The van der Waals surface area contributed by atoms with Crippen molar-refractivity contribution in [3.63, 3.8) is 0 Å². The van der Waals surface area contributed by atoms with Crippen molar-refractivity contribution in [1.29, 1.82) is 0 Å². The van der Waals surface area contributed by atoms with Crippen molar-refractivity contribution in [2.45, 2.75) is 58.4 Å². The van der Waals surface area contributed by atoms with Gasteiger partial charge in [0.2, 0.25) is 0 Å². The number of rotatable bonds is 11. The van der Waals surface area contributed by atoms with Gasteiger partial charge >= 0.3 is 12.0 Å². The number of benzene rings is 1. The van der Waals surface area contributed by atoms with Gasteiger partial charge in [0.25, 0.3) is 0 Å². The number of methoxy groups -OCH3 is 2. The fraction of sp³-hybridized carbons (Fsp3) is 0.545. The molecule has 0 spiro atoms. The highest BCUT2D eigenvalue weighted by Gasteiger charge is 2.33. The SMILES string of the molecule is CCCCCOc1ccc(C2NC(=O)NC(CCCC)=C2C(=O)OC)cc1OC. The van der Waals surface area contributed by atoms with Gasteiger partial charge in [0.15, 0.2) is 11.5 Å². The number of unbranched alkanes of at least 4 members (excludes halogenated alkanes) is 3. The Balaban J connectivity index is 2.35. The minimum atomic E-state index is -0.619. The summed E-state index contributed by atoms with van der Waals surface area (Å²) in [6.07, 6.45) is 5.61. The number of carbonyl (C=O) groups is 2. The summed E-state index contributed by atoms with van der Waals surface area (Å²) in [5, 5.41) is 5.60. The van der Waals surface area contributed by atoms with Gasteiger partial charge in [-0.1, -0.05) is 39.2 Å². The molecule has 0 fully saturated rings. The van der Waals surface area contributed by atoms with Crippen molar-refractivity contribution in [3.8, 4) is 11.5 Å². The maximum absolute atomic E-state index is 12.5. The number of hydrogen-bond donors (Lipinski definition) is 2. The second-order valence-corrected chi connectivity index (χ2v) is 6.98. The summed E-state index contributed by atoms with van der Waals surface area (Å²) in [5.41, 5.74) is 1.75. The average Bonchev–Trinajstić information content (AvgIpc) is 2.74. The van der Waals surface area contributed by atoms with E-state index < -0.39 is 12.0 Å². The Hall–Kier alpha value is -2.70. The molecule has 0 aromatic heterocycles. The maximum atomic E-state index is 12.5. The highest BCUT2D eigenvalue weighted by Crippen LogP contribution is 2.35. The number of amides is 2. The Morgan fingerprint density at radius 3 is 2.48 bits per heavy atom. The number of nitrogens with one attached hydrogen (secondary N) is 2. The van der Waals surface area contributed by atoms with E-state index in [0.717, 1.165) is 37.7 Å². The molecular formula is C22H32N2O5. The van der Waals surface area contributed by atoms with Crippen LogP contribution in [0.25, 0.3) is 0 Å². The zero-order chi connectivity index (χ0) is 21.2. The highest BCUT2D eigenvalue weighted by atomic mass is 16.5. The van der Waals surface area contributed by atoms with Gasteiger partial charge in [0.05, 0.1) is 32.4 Å². The molecule has 2 amide bonds. The number of esters is 1. The lowest BCUT2D eigenvalue weighted by atomic mass is 9.93. The van der Waals surface area contributed by atoms with Crippen molar-refractivity contribution < 1.29 is 23.8 Å². The highest BCUT2D eigenvalue weighted by molar-refractivity contribution is 5.95. The first-order valence-electron chi connectivity index (χ1n) is 10.2. The average molecular weight is 405 g/mol. The van der Waals surface area contributed by atoms with Gasteiger partial charge in [0.1, 0.15) is 0 Å². The van der Waals surface area contributed by atoms with Crippen molar-refractivity contribution in [3.05, 3.63) is 35.0 Å². The minimum absolute atomic E-state index is 0.340. The predicted molar refractivity (Wildman–Crippen MR) is 111 cm³/mol. The molecule has 1 aromatic carbocycles. The summed E-state index contributed by atoms with van der Waals surface area (Å²) < 4.78 is 16.3. The summed E-state index contributed by atoms with van der Waals surface area (Å²) >= 11 is 0. The van der Waals surface area contributed by atoms with Crippen molar-refractivity contribution >= 4 is 12.0 Å². The molecule has 0 radical (unpaired) electrons. The smallest absolute Gasteiger partial charge is 0.337 e. The van der Waals surface area contributed by atoms with Gasteiger partial charge < -0.3 is 24.8 Å². The first-order valence-corrected chi connectivity index (χ1v) is 10.2. The van der Waals surface area contributed by atoms with E-state index in [0.29, 0.717) is 35.8 Å². The first kappa shape index (κ1) is 22.6. The van der Waals surface area contributed by atoms with Crippen LogP contribution in [0.2, 0.25) is 0 Å². The molecule has 2 N–H and O–H groups in total. The molecule has 0 saturated heterocycles. The molecule has 29 heavy (non-hydrogen) atoms. The van der Waals surface area contributed by atoms with Gasteiger partial charge in [-0.15, -0.1) is 0 Å². The van der Waals surface area contributed by atoms with Crippen LogP contribution in [-0.2, 0) is 9.53 Å². The van der Waals surface area contributed by atoms with Crippen LogP contribution in [0.15, 0.2) is 29.5 Å². The monoisotopic (exact) mass is 404 g/mol. The second-order valence-electron chi connectivity index (χ2n) is 6.98. The van der Waals surface area contributed by atoms with E-state index in [1.165, 1.54) is 7.11 Å². The van der Waals surface area contributed by atoms with Gasteiger partial charge in [-0.25, -0.2) is 9.59 Å². The molecule has 1 aliphatic rings. The second kappa shape index (κ2) is 11.3. The van der Waals surface area contributed by atoms with Crippen LogP contribution < -0.4 is 20.1 Å². The molecule has 2 rings (SSSR count). The Morgan fingerprint density at radius 2 is 1.83 bits per heavy atom. The van der Waals surface area contributed by atoms with Crippen molar-refractivity contribution in [2.24, 2.45) is 0 Å². The summed E-state index contributed by atoms with van der Waals surface area (Å²) in [6, 6.07) is 4.49. The van der Waals surface area contributed by atoms with Crippen molar-refractivity contribution in [2.75, 3.05) is 20.8 Å². The molecule has 0 aliphatic carbocycles. The normalized spacial score (nSPS) is 16.1. The van der Waals surface area contributed by atoms with Crippen LogP contribution in [0.5, 0.6) is 11.5 Å². The van der Waals surface area contributed by atoms with E-state index >= 15 is 0 Å². The Bertz CT molecular complexity index is 745. The molecular weight excluding hydrogens is 372 g/mol. The molecule has 1 heterocycles. The third kappa shape index (κ3) is 5.89. The number of urea groups is 1. The minimum Gasteiger partial charge on any atom is -0.493 e. The third-order valence-electron chi connectivity index (χ3n) is 4.87. The number of ether oxygens (including phenoxy) is 3. The van der Waals surface area contributed by atoms with Gasteiger partial charge in [-0.2, -0.15) is 0 Å².